The van der Waals surface area contributed by atoms with Crippen molar-refractivity contribution in [3.8, 4) is 5.75 Å². The number of aryl methyl sites for hydroxylation is 1. The summed E-state index contributed by atoms with van der Waals surface area (Å²) < 4.78 is 5.94. The lowest BCUT2D eigenvalue weighted by molar-refractivity contribution is 0.253. The number of ether oxygens (including phenoxy) is 1. The third-order valence-corrected chi connectivity index (χ3v) is 3.14. The number of benzene rings is 1. The molecule has 0 bridgehead atoms. The molecule has 0 saturated heterocycles. The van der Waals surface area contributed by atoms with E-state index in [-0.39, 0.29) is 0 Å². The molecule has 0 aromatic heterocycles. The standard InChI is InChI=1S/C16H27NO/c1-6-13(4)11-18-16-8-7-14(5)9-15(16)10-17-12(2)3/h7-9,12-13,17H,6,10-11H2,1-5H3. The molecule has 0 spiro atoms. The fourth-order valence-electron chi connectivity index (χ4n) is 1.65. The van der Waals surface area contributed by atoms with E-state index in [1.807, 2.05) is 0 Å². The highest BCUT2D eigenvalue weighted by atomic mass is 16.5. The smallest absolute Gasteiger partial charge is 0.123 e. The summed E-state index contributed by atoms with van der Waals surface area (Å²) in [5.74, 6) is 1.63. The average Bonchev–Trinajstić information content (AvgIpc) is 2.34. The van der Waals surface area contributed by atoms with E-state index in [1.54, 1.807) is 0 Å². The van der Waals surface area contributed by atoms with Gasteiger partial charge in [0.25, 0.3) is 0 Å². The molecule has 102 valence electrons. The Morgan fingerprint density at radius 2 is 1.94 bits per heavy atom. The first kappa shape index (κ1) is 15.0. The molecule has 0 radical (unpaired) electrons. The predicted octanol–water partition coefficient (Wildman–Crippen LogP) is 3.92. The van der Waals surface area contributed by atoms with E-state index in [4.69, 9.17) is 4.74 Å². The van der Waals surface area contributed by atoms with Gasteiger partial charge in [-0.25, -0.2) is 0 Å². The van der Waals surface area contributed by atoms with Crippen LogP contribution in [0.25, 0.3) is 0 Å². The Morgan fingerprint density at radius 1 is 1.22 bits per heavy atom. The molecule has 0 aliphatic heterocycles. The van der Waals surface area contributed by atoms with Crippen LogP contribution in [0.2, 0.25) is 0 Å². The van der Waals surface area contributed by atoms with Crippen molar-refractivity contribution in [3.05, 3.63) is 29.3 Å². The highest BCUT2D eigenvalue weighted by Gasteiger charge is 2.07. The monoisotopic (exact) mass is 249 g/mol. The normalized spacial score (nSPS) is 12.8. The van der Waals surface area contributed by atoms with Crippen LogP contribution in [0.1, 0.15) is 45.2 Å². The van der Waals surface area contributed by atoms with E-state index in [2.05, 4.69) is 58.1 Å². The Morgan fingerprint density at radius 3 is 2.56 bits per heavy atom. The van der Waals surface area contributed by atoms with Crippen molar-refractivity contribution in [2.24, 2.45) is 5.92 Å². The molecule has 2 nitrogen and oxygen atoms in total. The molecule has 0 aliphatic rings. The third-order valence-electron chi connectivity index (χ3n) is 3.14. The predicted molar refractivity (Wildman–Crippen MR) is 78.1 cm³/mol. The maximum absolute atomic E-state index is 5.94. The molecule has 0 aliphatic carbocycles. The molecular formula is C16H27NO. The van der Waals surface area contributed by atoms with Crippen molar-refractivity contribution >= 4 is 0 Å². The average molecular weight is 249 g/mol. The lowest BCUT2D eigenvalue weighted by Crippen LogP contribution is -2.22. The second kappa shape index (κ2) is 7.42. The van der Waals surface area contributed by atoms with Crippen LogP contribution < -0.4 is 10.1 Å². The minimum absolute atomic E-state index is 0.493. The maximum atomic E-state index is 5.94. The summed E-state index contributed by atoms with van der Waals surface area (Å²) in [6, 6.07) is 6.91. The number of hydrogen-bond donors (Lipinski definition) is 1. The lowest BCUT2D eigenvalue weighted by Gasteiger charge is -2.16. The first-order chi connectivity index (χ1) is 8.52. The zero-order chi connectivity index (χ0) is 13.5. The molecule has 0 saturated carbocycles. The van der Waals surface area contributed by atoms with E-state index in [9.17, 15) is 0 Å². The van der Waals surface area contributed by atoms with Crippen molar-refractivity contribution in [2.45, 2.75) is 53.6 Å². The third kappa shape index (κ3) is 5.09. The molecule has 1 rings (SSSR count). The zero-order valence-electron chi connectivity index (χ0n) is 12.4. The molecule has 1 aromatic rings. The molecule has 0 heterocycles. The minimum Gasteiger partial charge on any atom is -0.493 e. The summed E-state index contributed by atoms with van der Waals surface area (Å²) in [7, 11) is 0. The Labute approximate surface area is 112 Å². The molecule has 1 aromatic carbocycles. The largest absolute Gasteiger partial charge is 0.493 e. The Kier molecular flexibility index (Phi) is 6.20. The van der Waals surface area contributed by atoms with Crippen molar-refractivity contribution in [1.82, 2.24) is 5.32 Å². The summed E-state index contributed by atoms with van der Waals surface area (Å²) in [4.78, 5) is 0. The Balaban J connectivity index is 2.69. The molecular weight excluding hydrogens is 222 g/mol. The number of rotatable bonds is 7. The van der Waals surface area contributed by atoms with E-state index in [1.165, 1.54) is 11.1 Å². The van der Waals surface area contributed by atoms with Gasteiger partial charge in [0.05, 0.1) is 6.61 Å². The first-order valence-corrected chi connectivity index (χ1v) is 6.98. The zero-order valence-corrected chi connectivity index (χ0v) is 12.4. The van der Waals surface area contributed by atoms with Crippen LogP contribution in [-0.4, -0.2) is 12.6 Å². The van der Waals surface area contributed by atoms with Crippen molar-refractivity contribution in [1.29, 1.82) is 0 Å². The van der Waals surface area contributed by atoms with Crippen LogP contribution in [0.4, 0.5) is 0 Å². The molecule has 1 atom stereocenters. The molecule has 1 unspecified atom stereocenters. The summed E-state index contributed by atoms with van der Waals surface area (Å²) in [5, 5.41) is 3.45. The van der Waals surface area contributed by atoms with Gasteiger partial charge in [-0.1, -0.05) is 51.8 Å². The second-order valence-corrected chi connectivity index (χ2v) is 5.47. The minimum atomic E-state index is 0.493. The molecule has 18 heavy (non-hydrogen) atoms. The Hall–Kier alpha value is -1.02. The summed E-state index contributed by atoms with van der Waals surface area (Å²) in [6.07, 6.45) is 1.16. The summed E-state index contributed by atoms with van der Waals surface area (Å²) in [5.41, 5.74) is 2.54. The number of nitrogens with one attached hydrogen (secondary N) is 1. The van der Waals surface area contributed by atoms with Crippen molar-refractivity contribution in [2.75, 3.05) is 6.61 Å². The highest BCUT2D eigenvalue weighted by Crippen LogP contribution is 2.21. The van der Waals surface area contributed by atoms with Gasteiger partial charge in [0.2, 0.25) is 0 Å². The van der Waals surface area contributed by atoms with Crippen LogP contribution in [0.5, 0.6) is 5.75 Å². The second-order valence-electron chi connectivity index (χ2n) is 5.47. The van der Waals surface area contributed by atoms with Gasteiger partial charge in [-0.2, -0.15) is 0 Å². The summed E-state index contributed by atoms with van der Waals surface area (Å²) >= 11 is 0. The summed E-state index contributed by atoms with van der Waals surface area (Å²) in [6.45, 7) is 12.5. The Bertz CT molecular complexity index is 360. The topological polar surface area (TPSA) is 21.3 Å². The molecule has 0 fully saturated rings. The van der Waals surface area contributed by atoms with E-state index >= 15 is 0 Å². The van der Waals surface area contributed by atoms with Crippen LogP contribution in [0.3, 0.4) is 0 Å². The van der Waals surface area contributed by atoms with Crippen LogP contribution in [0.15, 0.2) is 18.2 Å². The van der Waals surface area contributed by atoms with Crippen LogP contribution >= 0.6 is 0 Å². The van der Waals surface area contributed by atoms with Gasteiger partial charge in [-0.15, -0.1) is 0 Å². The van der Waals surface area contributed by atoms with E-state index < -0.39 is 0 Å². The van der Waals surface area contributed by atoms with Gasteiger partial charge in [0, 0.05) is 18.2 Å². The van der Waals surface area contributed by atoms with Crippen LogP contribution in [-0.2, 0) is 6.54 Å². The number of hydrogen-bond acceptors (Lipinski definition) is 2. The highest BCUT2D eigenvalue weighted by molar-refractivity contribution is 5.36. The van der Waals surface area contributed by atoms with Gasteiger partial charge in [-0.3, -0.25) is 0 Å². The van der Waals surface area contributed by atoms with Gasteiger partial charge in [0.1, 0.15) is 5.75 Å². The fraction of sp³-hybridized carbons (Fsp3) is 0.625. The fourth-order valence-corrected chi connectivity index (χ4v) is 1.65. The SMILES string of the molecule is CCC(C)COc1ccc(C)cc1CNC(C)C. The molecule has 1 N–H and O–H groups in total. The lowest BCUT2D eigenvalue weighted by atomic mass is 10.1. The van der Waals surface area contributed by atoms with Gasteiger partial charge < -0.3 is 10.1 Å². The molecule has 0 amide bonds. The van der Waals surface area contributed by atoms with Crippen molar-refractivity contribution in [3.63, 3.8) is 0 Å². The first-order valence-electron chi connectivity index (χ1n) is 6.98. The van der Waals surface area contributed by atoms with Gasteiger partial charge >= 0.3 is 0 Å². The van der Waals surface area contributed by atoms with E-state index in [0.29, 0.717) is 12.0 Å². The molecule has 2 heteroatoms. The van der Waals surface area contributed by atoms with E-state index in [0.717, 1.165) is 25.3 Å². The van der Waals surface area contributed by atoms with Gasteiger partial charge in [0.15, 0.2) is 0 Å². The van der Waals surface area contributed by atoms with Gasteiger partial charge in [-0.05, 0) is 18.9 Å². The quantitative estimate of drug-likeness (QED) is 0.791. The van der Waals surface area contributed by atoms with Crippen molar-refractivity contribution < 1.29 is 4.74 Å². The van der Waals surface area contributed by atoms with Crippen LogP contribution in [0, 0.1) is 12.8 Å². The maximum Gasteiger partial charge on any atom is 0.123 e.